The molecule has 6 nitrogen and oxygen atoms in total. The van der Waals surface area contributed by atoms with Crippen LogP contribution in [0.4, 0.5) is 0 Å². The lowest BCUT2D eigenvalue weighted by Crippen LogP contribution is -2.27. The van der Waals surface area contributed by atoms with Crippen LogP contribution in [0.5, 0.6) is 0 Å². The van der Waals surface area contributed by atoms with Gasteiger partial charge >= 0.3 is 0 Å². The molecule has 1 aromatic carbocycles. The molecule has 0 fully saturated rings. The molecule has 2 N–H and O–H groups in total. The van der Waals surface area contributed by atoms with Crippen molar-refractivity contribution in [1.29, 1.82) is 0 Å². The molecule has 102 valence electrons. The number of sulfone groups is 1. The highest BCUT2D eigenvalue weighted by molar-refractivity contribution is 7.92. The third-order valence-corrected chi connectivity index (χ3v) is 4.06. The van der Waals surface area contributed by atoms with Crippen molar-refractivity contribution in [2.45, 2.75) is 18.2 Å². The fourth-order valence-corrected chi connectivity index (χ4v) is 2.60. The Bertz CT molecular complexity index is 616. The number of amides is 1. The highest BCUT2D eigenvalue weighted by atomic mass is 32.2. The number of Topliss-reactive ketones (excluding diaryl/α,β-unsaturated/α-hetero) is 2. The summed E-state index contributed by atoms with van der Waals surface area (Å²) in [5.74, 6) is -4.02. The third kappa shape index (κ3) is 4.29. The average molecular weight is 283 g/mol. The number of rotatable bonds is 6. The maximum Gasteiger partial charge on any atom is 0.285 e. The van der Waals surface area contributed by atoms with E-state index in [-0.39, 0.29) is 4.90 Å². The molecule has 0 aliphatic carbocycles. The van der Waals surface area contributed by atoms with Crippen LogP contribution < -0.4 is 5.73 Å². The normalized spacial score (nSPS) is 11.0. The molecule has 0 spiro atoms. The molecule has 1 rings (SSSR count). The van der Waals surface area contributed by atoms with Crippen LogP contribution in [0.25, 0.3) is 0 Å². The number of primary amides is 1. The number of nitrogens with two attached hydrogens (primary N) is 1. The van der Waals surface area contributed by atoms with E-state index >= 15 is 0 Å². The molecule has 0 aliphatic rings. The van der Waals surface area contributed by atoms with E-state index in [1.165, 1.54) is 12.1 Å². The number of ketones is 2. The highest BCUT2D eigenvalue weighted by Gasteiger charge is 2.22. The first-order valence-corrected chi connectivity index (χ1v) is 7.01. The molecule has 1 amide bonds. The minimum atomic E-state index is -3.80. The summed E-state index contributed by atoms with van der Waals surface area (Å²) >= 11 is 0. The smallest absolute Gasteiger partial charge is 0.285 e. The predicted octanol–water partition coefficient (Wildman–Crippen LogP) is -0.218. The monoisotopic (exact) mass is 283 g/mol. The van der Waals surface area contributed by atoms with Crippen LogP contribution in [-0.4, -0.2) is 31.6 Å². The van der Waals surface area contributed by atoms with Gasteiger partial charge in [0.1, 0.15) is 5.75 Å². The summed E-state index contributed by atoms with van der Waals surface area (Å²) in [4.78, 5) is 32.8. The van der Waals surface area contributed by atoms with Gasteiger partial charge in [0.05, 0.1) is 11.3 Å². The Morgan fingerprint density at radius 3 is 2.11 bits per heavy atom. The van der Waals surface area contributed by atoms with Crippen molar-refractivity contribution in [2.75, 3.05) is 5.75 Å². The largest absolute Gasteiger partial charge is 0.363 e. The maximum atomic E-state index is 11.9. The fraction of sp³-hybridized carbons (Fsp3) is 0.250. The summed E-state index contributed by atoms with van der Waals surface area (Å²) in [6.07, 6.45) is -0.791. The van der Waals surface area contributed by atoms with Gasteiger partial charge in [-0.2, -0.15) is 0 Å². The lowest BCUT2D eigenvalue weighted by molar-refractivity contribution is -0.138. The van der Waals surface area contributed by atoms with Crippen molar-refractivity contribution in [3.8, 4) is 0 Å². The van der Waals surface area contributed by atoms with E-state index < -0.39 is 39.5 Å². The van der Waals surface area contributed by atoms with Crippen molar-refractivity contribution in [3.63, 3.8) is 0 Å². The summed E-state index contributed by atoms with van der Waals surface area (Å²) in [5, 5.41) is 0. The second kappa shape index (κ2) is 5.75. The van der Waals surface area contributed by atoms with Gasteiger partial charge in [0.25, 0.3) is 5.91 Å². The van der Waals surface area contributed by atoms with Gasteiger partial charge in [0.15, 0.2) is 15.6 Å². The average Bonchev–Trinajstić information content (AvgIpc) is 2.28. The second-order valence-electron chi connectivity index (χ2n) is 4.08. The number of carbonyl (C=O) groups is 3. The SMILES string of the molecule is Cc1ccc(S(=O)(=O)CC(=O)CC(=O)C(N)=O)cc1. The van der Waals surface area contributed by atoms with E-state index in [4.69, 9.17) is 0 Å². The van der Waals surface area contributed by atoms with Gasteiger partial charge < -0.3 is 5.73 Å². The Balaban J connectivity index is 2.80. The molecule has 0 bridgehead atoms. The van der Waals surface area contributed by atoms with E-state index in [0.29, 0.717) is 0 Å². The number of aryl methyl sites for hydroxylation is 1. The Labute approximate surface area is 110 Å². The molecule has 0 saturated heterocycles. The van der Waals surface area contributed by atoms with Crippen molar-refractivity contribution in [3.05, 3.63) is 29.8 Å². The standard InChI is InChI=1S/C12H13NO5S/c1-8-2-4-10(5-3-8)19(17,18)7-9(14)6-11(15)12(13)16/h2-5H,6-7H2,1H3,(H2,13,16). The summed E-state index contributed by atoms with van der Waals surface area (Å²) in [7, 11) is -3.80. The van der Waals surface area contributed by atoms with Crippen molar-refractivity contribution < 1.29 is 22.8 Å². The molecule has 7 heteroatoms. The lowest BCUT2D eigenvalue weighted by atomic mass is 10.2. The van der Waals surface area contributed by atoms with E-state index in [0.717, 1.165) is 5.56 Å². The van der Waals surface area contributed by atoms with E-state index in [9.17, 15) is 22.8 Å². The molecule has 19 heavy (non-hydrogen) atoms. The quantitative estimate of drug-likeness (QED) is 0.573. The second-order valence-corrected chi connectivity index (χ2v) is 6.06. The van der Waals surface area contributed by atoms with Gasteiger partial charge in [-0.15, -0.1) is 0 Å². The van der Waals surface area contributed by atoms with Crippen LogP contribution in [-0.2, 0) is 24.2 Å². The topological polar surface area (TPSA) is 111 Å². The van der Waals surface area contributed by atoms with Crippen LogP contribution >= 0.6 is 0 Å². The Morgan fingerprint density at radius 1 is 1.11 bits per heavy atom. The Morgan fingerprint density at radius 2 is 1.63 bits per heavy atom. The molecule has 1 aromatic rings. The summed E-state index contributed by atoms with van der Waals surface area (Å²) in [6, 6.07) is 5.97. The zero-order chi connectivity index (χ0) is 14.6. The lowest BCUT2D eigenvalue weighted by Gasteiger charge is -2.03. The van der Waals surface area contributed by atoms with Crippen LogP contribution in [0, 0.1) is 6.92 Å². The van der Waals surface area contributed by atoms with Gasteiger partial charge in [0.2, 0.25) is 5.78 Å². The molecule has 0 atom stereocenters. The predicted molar refractivity (Wildman–Crippen MR) is 67.1 cm³/mol. The van der Waals surface area contributed by atoms with Crippen LogP contribution in [0.2, 0.25) is 0 Å². The van der Waals surface area contributed by atoms with Crippen LogP contribution in [0.3, 0.4) is 0 Å². The molecule has 0 aromatic heterocycles. The highest BCUT2D eigenvalue weighted by Crippen LogP contribution is 2.12. The van der Waals surface area contributed by atoms with Crippen LogP contribution in [0.15, 0.2) is 29.2 Å². The minimum Gasteiger partial charge on any atom is -0.363 e. The number of carbonyl (C=O) groups excluding carboxylic acids is 3. The van der Waals surface area contributed by atoms with E-state index in [1.807, 2.05) is 0 Å². The first-order valence-electron chi connectivity index (χ1n) is 5.36. The first kappa shape index (κ1) is 15.0. The van der Waals surface area contributed by atoms with Crippen molar-refractivity contribution in [1.82, 2.24) is 0 Å². The molecule has 0 saturated carbocycles. The first-order chi connectivity index (χ1) is 8.72. The molecule has 0 radical (unpaired) electrons. The number of benzene rings is 1. The van der Waals surface area contributed by atoms with Gasteiger partial charge in [-0.05, 0) is 19.1 Å². The maximum absolute atomic E-state index is 11.9. The molecular formula is C12H13NO5S. The fourth-order valence-electron chi connectivity index (χ4n) is 1.36. The molecule has 0 heterocycles. The zero-order valence-corrected chi connectivity index (χ0v) is 11.1. The van der Waals surface area contributed by atoms with Gasteiger partial charge in [0, 0.05) is 0 Å². The molecular weight excluding hydrogens is 270 g/mol. The molecule has 0 unspecified atom stereocenters. The summed E-state index contributed by atoms with van der Waals surface area (Å²) in [5.41, 5.74) is 5.57. The van der Waals surface area contributed by atoms with Gasteiger partial charge in [-0.3, -0.25) is 14.4 Å². The van der Waals surface area contributed by atoms with Gasteiger partial charge in [-0.25, -0.2) is 8.42 Å². The molecule has 0 aliphatic heterocycles. The zero-order valence-electron chi connectivity index (χ0n) is 10.3. The van der Waals surface area contributed by atoms with Crippen LogP contribution in [0.1, 0.15) is 12.0 Å². The Kier molecular flexibility index (Phi) is 4.55. The Hall–Kier alpha value is -2.02. The van der Waals surface area contributed by atoms with Crippen molar-refractivity contribution >= 4 is 27.3 Å². The summed E-state index contributed by atoms with van der Waals surface area (Å²) < 4.78 is 23.7. The van der Waals surface area contributed by atoms with E-state index in [2.05, 4.69) is 5.73 Å². The third-order valence-electron chi connectivity index (χ3n) is 2.36. The summed E-state index contributed by atoms with van der Waals surface area (Å²) in [6.45, 7) is 1.80. The van der Waals surface area contributed by atoms with Gasteiger partial charge in [-0.1, -0.05) is 17.7 Å². The van der Waals surface area contributed by atoms with Crippen molar-refractivity contribution in [2.24, 2.45) is 5.73 Å². The number of hydrogen-bond donors (Lipinski definition) is 1. The van der Waals surface area contributed by atoms with E-state index in [1.54, 1.807) is 19.1 Å². The minimum absolute atomic E-state index is 0.00188. The number of hydrogen-bond acceptors (Lipinski definition) is 5.